The summed E-state index contributed by atoms with van der Waals surface area (Å²) in [6.07, 6.45) is 2.73. The molecule has 2 nitrogen and oxygen atoms in total. The second-order valence-corrected chi connectivity index (χ2v) is 2.83. The summed E-state index contributed by atoms with van der Waals surface area (Å²) in [5, 5.41) is 0.621. The number of hydrogen-bond donors (Lipinski definition) is 1. The average molecular weight is 159 g/mol. The number of nitrogens with one attached hydrogen (secondary N) is 1. The maximum Gasteiger partial charge on any atom is 0.126 e. The standard InChI is InChI=1S/C7H11ClN2/c1-3-5(2)7-9-4-6(8)10-7/h4-5H,3H2,1-2H3,(H,9,10). The molecule has 1 atom stereocenters. The smallest absolute Gasteiger partial charge is 0.126 e. The van der Waals surface area contributed by atoms with Crippen LogP contribution in [0.4, 0.5) is 0 Å². The monoisotopic (exact) mass is 158 g/mol. The van der Waals surface area contributed by atoms with E-state index in [2.05, 4.69) is 23.8 Å². The van der Waals surface area contributed by atoms with Gasteiger partial charge in [-0.3, -0.25) is 0 Å². The Kier molecular flexibility index (Phi) is 2.33. The zero-order valence-electron chi connectivity index (χ0n) is 6.19. The Morgan fingerprint density at radius 2 is 2.50 bits per heavy atom. The lowest BCUT2D eigenvalue weighted by Crippen LogP contribution is -1.92. The van der Waals surface area contributed by atoms with E-state index in [1.54, 1.807) is 6.20 Å². The van der Waals surface area contributed by atoms with E-state index in [1.165, 1.54) is 0 Å². The lowest BCUT2D eigenvalue weighted by molar-refractivity contribution is 0.689. The van der Waals surface area contributed by atoms with Crippen LogP contribution in [-0.2, 0) is 0 Å². The normalized spacial score (nSPS) is 13.5. The molecule has 0 saturated carbocycles. The van der Waals surface area contributed by atoms with Crippen molar-refractivity contribution in [2.45, 2.75) is 26.2 Å². The van der Waals surface area contributed by atoms with Crippen molar-refractivity contribution < 1.29 is 0 Å². The van der Waals surface area contributed by atoms with E-state index in [9.17, 15) is 0 Å². The first-order valence-electron chi connectivity index (χ1n) is 3.44. The van der Waals surface area contributed by atoms with Gasteiger partial charge in [0.05, 0.1) is 6.20 Å². The molecule has 0 aliphatic heterocycles. The van der Waals surface area contributed by atoms with Crippen molar-refractivity contribution >= 4 is 11.6 Å². The molecule has 0 aliphatic carbocycles. The minimum Gasteiger partial charge on any atom is -0.333 e. The molecule has 0 amide bonds. The Labute approximate surface area is 65.6 Å². The number of aromatic nitrogens is 2. The molecular weight excluding hydrogens is 148 g/mol. The molecular formula is C7H11ClN2. The lowest BCUT2D eigenvalue weighted by atomic mass is 10.1. The predicted octanol–water partition coefficient (Wildman–Crippen LogP) is 2.58. The number of halogens is 1. The van der Waals surface area contributed by atoms with Crippen LogP contribution < -0.4 is 0 Å². The molecule has 0 radical (unpaired) electrons. The van der Waals surface area contributed by atoms with Crippen LogP contribution in [0.1, 0.15) is 32.0 Å². The van der Waals surface area contributed by atoms with Crippen LogP contribution in [0.3, 0.4) is 0 Å². The molecule has 1 unspecified atom stereocenters. The zero-order valence-corrected chi connectivity index (χ0v) is 6.94. The first kappa shape index (κ1) is 7.61. The van der Waals surface area contributed by atoms with Crippen LogP contribution in [0.5, 0.6) is 0 Å². The maximum absolute atomic E-state index is 5.64. The maximum atomic E-state index is 5.64. The van der Waals surface area contributed by atoms with E-state index in [4.69, 9.17) is 11.6 Å². The van der Waals surface area contributed by atoms with Crippen LogP contribution >= 0.6 is 11.6 Å². The number of hydrogen-bond acceptors (Lipinski definition) is 1. The van der Waals surface area contributed by atoms with Gasteiger partial charge >= 0.3 is 0 Å². The molecule has 0 spiro atoms. The molecule has 0 aromatic carbocycles. The van der Waals surface area contributed by atoms with Crippen LogP contribution in [0, 0.1) is 0 Å². The van der Waals surface area contributed by atoms with Gasteiger partial charge in [0.1, 0.15) is 11.0 Å². The summed E-state index contributed by atoms with van der Waals surface area (Å²) >= 11 is 5.64. The Balaban J connectivity index is 2.74. The third-order valence-corrected chi connectivity index (χ3v) is 1.84. The minimum absolute atomic E-state index is 0.479. The Morgan fingerprint density at radius 3 is 2.90 bits per heavy atom. The fraction of sp³-hybridized carbons (Fsp3) is 0.571. The van der Waals surface area contributed by atoms with E-state index in [0.717, 1.165) is 12.2 Å². The molecule has 1 rings (SSSR count). The number of aromatic amines is 1. The minimum atomic E-state index is 0.479. The van der Waals surface area contributed by atoms with Crippen molar-refractivity contribution in [3.8, 4) is 0 Å². The van der Waals surface area contributed by atoms with E-state index in [1.807, 2.05) is 0 Å². The number of rotatable bonds is 2. The fourth-order valence-corrected chi connectivity index (χ4v) is 0.903. The van der Waals surface area contributed by atoms with Crippen molar-refractivity contribution in [3.05, 3.63) is 17.2 Å². The van der Waals surface area contributed by atoms with Crippen LogP contribution in [0.15, 0.2) is 6.20 Å². The second kappa shape index (κ2) is 3.06. The molecule has 0 fully saturated rings. The third-order valence-electron chi connectivity index (χ3n) is 1.64. The zero-order chi connectivity index (χ0) is 7.56. The molecule has 1 N–H and O–H groups in total. The number of H-pyrrole nitrogens is 1. The summed E-state index contributed by atoms with van der Waals surface area (Å²) in [6.45, 7) is 4.25. The van der Waals surface area contributed by atoms with Crippen molar-refractivity contribution in [2.24, 2.45) is 0 Å². The van der Waals surface area contributed by atoms with Crippen molar-refractivity contribution in [2.75, 3.05) is 0 Å². The van der Waals surface area contributed by atoms with Crippen LogP contribution in [0.25, 0.3) is 0 Å². The van der Waals surface area contributed by atoms with Crippen molar-refractivity contribution in [1.82, 2.24) is 9.97 Å². The van der Waals surface area contributed by atoms with Gasteiger partial charge in [-0.25, -0.2) is 4.98 Å². The number of imidazole rings is 1. The highest BCUT2D eigenvalue weighted by atomic mass is 35.5. The van der Waals surface area contributed by atoms with Gasteiger partial charge in [-0.1, -0.05) is 25.4 Å². The SMILES string of the molecule is CCC(C)c1ncc(Cl)[nH]1. The fourth-order valence-electron chi connectivity index (χ4n) is 0.757. The molecule has 10 heavy (non-hydrogen) atoms. The van der Waals surface area contributed by atoms with E-state index in [-0.39, 0.29) is 0 Å². The van der Waals surface area contributed by atoms with Crippen LogP contribution in [0.2, 0.25) is 5.15 Å². The van der Waals surface area contributed by atoms with Gasteiger partial charge in [-0.15, -0.1) is 0 Å². The summed E-state index contributed by atoms with van der Waals surface area (Å²) < 4.78 is 0. The summed E-state index contributed by atoms with van der Waals surface area (Å²) in [6, 6.07) is 0. The highest BCUT2D eigenvalue weighted by Gasteiger charge is 2.05. The molecule has 1 heterocycles. The molecule has 1 aromatic heterocycles. The van der Waals surface area contributed by atoms with Gasteiger partial charge in [0.15, 0.2) is 0 Å². The van der Waals surface area contributed by atoms with E-state index in [0.29, 0.717) is 11.1 Å². The first-order valence-corrected chi connectivity index (χ1v) is 3.82. The third kappa shape index (κ3) is 1.51. The van der Waals surface area contributed by atoms with Crippen molar-refractivity contribution in [1.29, 1.82) is 0 Å². The van der Waals surface area contributed by atoms with E-state index < -0.39 is 0 Å². The van der Waals surface area contributed by atoms with Crippen LogP contribution in [-0.4, -0.2) is 9.97 Å². The Bertz CT molecular complexity index is 207. The summed E-state index contributed by atoms with van der Waals surface area (Å²) in [5.74, 6) is 1.46. The first-order chi connectivity index (χ1) is 4.74. The van der Waals surface area contributed by atoms with Gasteiger partial charge in [-0.05, 0) is 6.42 Å². The second-order valence-electron chi connectivity index (χ2n) is 2.43. The molecule has 56 valence electrons. The van der Waals surface area contributed by atoms with Gasteiger partial charge in [-0.2, -0.15) is 0 Å². The molecule has 3 heteroatoms. The quantitative estimate of drug-likeness (QED) is 0.704. The van der Waals surface area contributed by atoms with Crippen molar-refractivity contribution in [3.63, 3.8) is 0 Å². The highest BCUT2D eigenvalue weighted by Crippen LogP contribution is 2.16. The Hall–Kier alpha value is -0.500. The molecule has 0 aliphatic rings. The molecule has 1 aromatic rings. The van der Waals surface area contributed by atoms with Gasteiger partial charge in [0.25, 0.3) is 0 Å². The largest absolute Gasteiger partial charge is 0.333 e. The summed E-state index contributed by atoms with van der Waals surface area (Å²) in [4.78, 5) is 7.08. The number of nitrogens with zero attached hydrogens (tertiary/aromatic N) is 1. The van der Waals surface area contributed by atoms with Gasteiger partial charge in [0, 0.05) is 5.92 Å². The average Bonchev–Trinajstić information content (AvgIpc) is 2.34. The summed E-state index contributed by atoms with van der Waals surface area (Å²) in [7, 11) is 0. The lowest BCUT2D eigenvalue weighted by Gasteiger charge is -2.01. The topological polar surface area (TPSA) is 28.7 Å². The summed E-state index contributed by atoms with van der Waals surface area (Å²) in [5.41, 5.74) is 0. The molecule has 0 bridgehead atoms. The Morgan fingerprint density at radius 1 is 1.80 bits per heavy atom. The highest BCUT2D eigenvalue weighted by molar-refractivity contribution is 6.29. The van der Waals surface area contributed by atoms with Gasteiger partial charge < -0.3 is 4.98 Å². The van der Waals surface area contributed by atoms with Gasteiger partial charge in [0.2, 0.25) is 0 Å². The van der Waals surface area contributed by atoms with E-state index >= 15 is 0 Å². The predicted molar refractivity (Wildman–Crippen MR) is 42.3 cm³/mol. The molecule has 0 saturated heterocycles.